The fourth-order valence-corrected chi connectivity index (χ4v) is 2.70. The van der Waals surface area contributed by atoms with Crippen LogP contribution in [0.3, 0.4) is 0 Å². The molecule has 0 unspecified atom stereocenters. The molecule has 1 heterocycles. The zero-order valence-corrected chi connectivity index (χ0v) is 14.1. The van der Waals surface area contributed by atoms with Crippen molar-refractivity contribution in [3.05, 3.63) is 52.6 Å². The van der Waals surface area contributed by atoms with Gasteiger partial charge >= 0.3 is 0 Å². The number of amides is 1. The van der Waals surface area contributed by atoms with Gasteiger partial charge in [0.05, 0.1) is 25.0 Å². The summed E-state index contributed by atoms with van der Waals surface area (Å²) in [6.07, 6.45) is 2.89. The van der Waals surface area contributed by atoms with Crippen LogP contribution in [0, 0.1) is 20.8 Å². The van der Waals surface area contributed by atoms with E-state index in [9.17, 15) is 9.90 Å². The molecule has 124 valence electrons. The number of aromatic nitrogens is 2. The highest BCUT2D eigenvalue weighted by atomic mass is 16.3. The van der Waals surface area contributed by atoms with Gasteiger partial charge in [-0.1, -0.05) is 23.8 Å². The van der Waals surface area contributed by atoms with Gasteiger partial charge in [-0.2, -0.15) is 0 Å². The zero-order valence-electron chi connectivity index (χ0n) is 14.1. The zero-order chi connectivity index (χ0) is 16.8. The molecule has 1 aromatic heterocycles. The lowest BCUT2D eigenvalue weighted by Crippen LogP contribution is -2.33. The van der Waals surface area contributed by atoms with Crippen LogP contribution in [-0.4, -0.2) is 39.0 Å². The number of nitrogens with one attached hydrogen (secondary N) is 1. The smallest absolute Gasteiger partial charge is 0.223 e. The minimum Gasteiger partial charge on any atom is -0.395 e. The summed E-state index contributed by atoms with van der Waals surface area (Å²) in [6.45, 7) is 6.77. The molecule has 5 nitrogen and oxygen atoms in total. The number of imidazole rings is 1. The first-order valence-electron chi connectivity index (χ1n) is 7.95. The highest BCUT2D eigenvalue weighted by Gasteiger charge is 2.15. The molecule has 1 amide bonds. The summed E-state index contributed by atoms with van der Waals surface area (Å²) in [6, 6.07) is 6.30. The van der Waals surface area contributed by atoms with Crippen molar-refractivity contribution >= 4 is 5.91 Å². The molecule has 2 rings (SSSR count). The number of rotatable bonds is 7. The van der Waals surface area contributed by atoms with Crippen LogP contribution in [0.25, 0.3) is 0 Å². The Balaban J connectivity index is 1.97. The van der Waals surface area contributed by atoms with Crippen molar-refractivity contribution in [3.63, 3.8) is 0 Å². The number of aliphatic hydroxyl groups is 1. The Bertz CT molecular complexity index is 664. The van der Waals surface area contributed by atoms with Crippen molar-refractivity contribution in [3.8, 4) is 0 Å². The van der Waals surface area contributed by atoms with E-state index >= 15 is 0 Å². The molecule has 0 radical (unpaired) electrons. The first-order chi connectivity index (χ1) is 11.0. The number of aromatic amines is 1. The van der Waals surface area contributed by atoms with Crippen LogP contribution < -0.4 is 0 Å². The van der Waals surface area contributed by atoms with E-state index in [1.807, 2.05) is 6.92 Å². The molecule has 0 spiro atoms. The number of hydrogen-bond acceptors (Lipinski definition) is 3. The fraction of sp³-hybridized carbons (Fsp3) is 0.444. The summed E-state index contributed by atoms with van der Waals surface area (Å²) < 4.78 is 0. The quantitative estimate of drug-likeness (QED) is 0.823. The van der Waals surface area contributed by atoms with Crippen molar-refractivity contribution in [2.45, 2.75) is 40.2 Å². The molecule has 5 heteroatoms. The Hall–Kier alpha value is -2.14. The first-order valence-corrected chi connectivity index (χ1v) is 7.95. The summed E-state index contributed by atoms with van der Waals surface area (Å²) in [5.74, 6) is 0.873. The maximum absolute atomic E-state index is 12.5. The Labute approximate surface area is 137 Å². The third-order valence-electron chi connectivity index (χ3n) is 3.95. The maximum Gasteiger partial charge on any atom is 0.223 e. The van der Waals surface area contributed by atoms with Crippen LogP contribution in [0.15, 0.2) is 24.4 Å². The molecule has 23 heavy (non-hydrogen) atoms. The van der Waals surface area contributed by atoms with Gasteiger partial charge in [-0.15, -0.1) is 0 Å². The Kier molecular flexibility index (Phi) is 5.93. The Morgan fingerprint density at radius 3 is 2.70 bits per heavy atom. The molecular formula is C18H25N3O2. The Morgan fingerprint density at radius 2 is 2.09 bits per heavy atom. The standard InChI is InChI=1S/C18H25N3O2/c1-13-4-5-16(14(2)10-13)6-7-18(23)21(8-9-22)12-17-11-19-15(3)20-17/h4-5,10-11,22H,6-9,12H2,1-3H3,(H,19,20). The van der Waals surface area contributed by atoms with E-state index < -0.39 is 0 Å². The largest absolute Gasteiger partial charge is 0.395 e. The molecule has 1 aromatic carbocycles. The lowest BCUT2D eigenvalue weighted by Gasteiger charge is -2.21. The highest BCUT2D eigenvalue weighted by molar-refractivity contribution is 5.76. The molecule has 0 aliphatic heterocycles. The fourth-order valence-electron chi connectivity index (χ4n) is 2.70. The average Bonchev–Trinajstić information content (AvgIpc) is 2.91. The van der Waals surface area contributed by atoms with Crippen LogP contribution in [0.1, 0.15) is 34.6 Å². The number of benzene rings is 1. The second kappa shape index (κ2) is 7.92. The number of aryl methyl sites for hydroxylation is 4. The molecule has 0 saturated heterocycles. The summed E-state index contributed by atoms with van der Waals surface area (Å²) in [5.41, 5.74) is 4.53. The topological polar surface area (TPSA) is 69.2 Å². The van der Waals surface area contributed by atoms with Gasteiger partial charge in [0.25, 0.3) is 0 Å². The molecule has 0 saturated carbocycles. The molecule has 2 N–H and O–H groups in total. The van der Waals surface area contributed by atoms with Gasteiger partial charge in [-0.05, 0) is 38.3 Å². The van der Waals surface area contributed by atoms with Gasteiger partial charge in [0.2, 0.25) is 5.91 Å². The van der Waals surface area contributed by atoms with Crippen LogP contribution in [-0.2, 0) is 17.8 Å². The molecule has 0 fully saturated rings. The maximum atomic E-state index is 12.5. The second-order valence-electron chi connectivity index (χ2n) is 5.96. The van der Waals surface area contributed by atoms with Crippen LogP contribution in [0.2, 0.25) is 0 Å². The average molecular weight is 315 g/mol. The molecule has 0 aliphatic rings. The van der Waals surface area contributed by atoms with Gasteiger partial charge < -0.3 is 15.0 Å². The van der Waals surface area contributed by atoms with Gasteiger partial charge in [0.1, 0.15) is 5.82 Å². The summed E-state index contributed by atoms with van der Waals surface area (Å²) >= 11 is 0. The van der Waals surface area contributed by atoms with Gasteiger partial charge in [-0.25, -0.2) is 4.98 Å². The minimum atomic E-state index is -0.0393. The van der Waals surface area contributed by atoms with Gasteiger partial charge in [0.15, 0.2) is 0 Å². The number of hydrogen-bond donors (Lipinski definition) is 2. The third kappa shape index (κ3) is 4.93. The third-order valence-corrected chi connectivity index (χ3v) is 3.95. The lowest BCUT2D eigenvalue weighted by molar-refractivity contribution is -0.132. The van der Waals surface area contributed by atoms with E-state index in [0.717, 1.165) is 17.9 Å². The number of aliphatic hydroxyl groups excluding tert-OH is 1. The second-order valence-corrected chi connectivity index (χ2v) is 5.96. The molecule has 0 bridgehead atoms. The number of nitrogens with zero attached hydrogens (tertiary/aromatic N) is 2. The summed E-state index contributed by atoms with van der Waals surface area (Å²) in [7, 11) is 0. The van der Waals surface area contributed by atoms with E-state index in [-0.39, 0.29) is 12.5 Å². The van der Waals surface area contributed by atoms with Gasteiger partial charge in [-0.3, -0.25) is 4.79 Å². The van der Waals surface area contributed by atoms with Crippen molar-refractivity contribution in [2.24, 2.45) is 0 Å². The van der Waals surface area contributed by atoms with E-state index in [2.05, 4.69) is 42.0 Å². The monoisotopic (exact) mass is 315 g/mol. The van der Waals surface area contributed by atoms with Crippen molar-refractivity contribution in [2.75, 3.05) is 13.2 Å². The van der Waals surface area contributed by atoms with Crippen molar-refractivity contribution in [1.82, 2.24) is 14.9 Å². The Morgan fingerprint density at radius 1 is 1.30 bits per heavy atom. The summed E-state index contributed by atoms with van der Waals surface area (Å²) in [5, 5.41) is 9.21. The van der Waals surface area contributed by atoms with Crippen LogP contribution >= 0.6 is 0 Å². The van der Waals surface area contributed by atoms with Crippen LogP contribution in [0.5, 0.6) is 0 Å². The van der Waals surface area contributed by atoms with E-state index in [1.54, 1.807) is 11.1 Å². The first kappa shape index (κ1) is 17.2. The molecule has 2 aromatic rings. The molecule has 0 aliphatic carbocycles. The lowest BCUT2D eigenvalue weighted by atomic mass is 10.0. The van der Waals surface area contributed by atoms with E-state index in [1.165, 1.54) is 16.7 Å². The summed E-state index contributed by atoms with van der Waals surface area (Å²) in [4.78, 5) is 21.4. The van der Waals surface area contributed by atoms with Crippen LogP contribution in [0.4, 0.5) is 0 Å². The highest BCUT2D eigenvalue weighted by Crippen LogP contribution is 2.14. The van der Waals surface area contributed by atoms with E-state index in [4.69, 9.17) is 0 Å². The number of carbonyl (C=O) groups is 1. The predicted octanol–water partition coefficient (Wildman–Crippen LogP) is 2.29. The predicted molar refractivity (Wildman–Crippen MR) is 90.1 cm³/mol. The number of H-pyrrole nitrogens is 1. The number of carbonyl (C=O) groups excluding carboxylic acids is 1. The normalized spacial score (nSPS) is 10.8. The SMILES string of the molecule is Cc1ccc(CCC(=O)N(CCO)Cc2cnc(C)[nH]2)c(C)c1. The van der Waals surface area contributed by atoms with Crippen molar-refractivity contribution < 1.29 is 9.90 Å². The molecular weight excluding hydrogens is 290 g/mol. The molecule has 0 atom stereocenters. The van der Waals surface area contributed by atoms with Crippen molar-refractivity contribution in [1.29, 1.82) is 0 Å². The minimum absolute atomic E-state index is 0.0393. The van der Waals surface area contributed by atoms with E-state index in [0.29, 0.717) is 19.5 Å². The van der Waals surface area contributed by atoms with Gasteiger partial charge in [0, 0.05) is 13.0 Å².